The standard InChI is InChI=1S/C20H13ClF2N4S/c21-15-4-1-5-16(10-15)27-19(14-3-2-8-24-11-14)25-26-20(27)28-12-13-6-7-17(22)18(23)9-13/h1-11H,12H2. The average molecular weight is 415 g/mol. The maximum absolute atomic E-state index is 13.5. The Balaban J connectivity index is 1.72. The Bertz CT molecular complexity index is 1120. The molecule has 28 heavy (non-hydrogen) atoms. The van der Waals surface area contributed by atoms with E-state index in [0.717, 1.165) is 17.3 Å². The first kappa shape index (κ1) is 18.6. The molecule has 0 aliphatic heterocycles. The lowest BCUT2D eigenvalue weighted by Crippen LogP contribution is -2.00. The van der Waals surface area contributed by atoms with Gasteiger partial charge in [-0.05, 0) is 48.0 Å². The number of benzene rings is 2. The third kappa shape index (κ3) is 3.90. The van der Waals surface area contributed by atoms with E-state index < -0.39 is 11.6 Å². The van der Waals surface area contributed by atoms with Crippen LogP contribution in [0.15, 0.2) is 72.1 Å². The second kappa shape index (κ2) is 8.08. The van der Waals surface area contributed by atoms with Crippen LogP contribution in [0.25, 0.3) is 17.1 Å². The van der Waals surface area contributed by atoms with Crippen LogP contribution in [0.4, 0.5) is 8.78 Å². The normalized spacial score (nSPS) is 11.0. The lowest BCUT2D eigenvalue weighted by atomic mass is 10.2. The van der Waals surface area contributed by atoms with Crippen molar-refractivity contribution in [3.05, 3.63) is 89.2 Å². The summed E-state index contributed by atoms with van der Waals surface area (Å²) in [6.07, 6.45) is 3.39. The number of thioether (sulfide) groups is 1. The summed E-state index contributed by atoms with van der Waals surface area (Å²) in [4.78, 5) is 4.14. The summed E-state index contributed by atoms with van der Waals surface area (Å²) < 4.78 is 28.5. The average Bonchev–Trinajstić information content (AvgIpc) is 3.13. The quantitative estimate of drug-likeness (QED) is 0.401. The maximum atomic E-state index is 13.5. The monoisotopic (exact) mass is 414 g/mol. The van der Waals surface area contributed by atoms with Gasteiger partial charge < -0.3 is 0 Å². The fourth-order valence-electron chi connectivity index (χ4n) is 2.67. The topological polar surface area (TPSA) is 43.6 Å². The number of hydrogen-bond donors (Lipinski definition) is 0. The highest BCUT2D eigenvalue weighted by Gasteiger charge is 2.17. The highest BCUT2D eigenvalue weighted by atomic mass is 35.5. The van der Waals surface area contributed by atoms with E-state index in [4.69, 9.17) is 11.6 Å². The summed E-state index contributed by atoms with van der Waals surface area (Å²) in [5.74, 6) is -0.716. The van der Waals surface area contributed by atoms with Gasteiger partial charge in [-0.15, -0.1) is 10.2 Å². The van der Waals surface area contributed by atoms with Crippen molar-refractivity contribution in [3.8, 4) is 17.1 Å². The van der Waals surface area contributed by atoms with Gasteiger partial charge in [0, 0.05) is 28.7 Å². The number of hydrogen-bond acceptors (Lipinski definition) is 4. The summed E-state index contributed by atoms with van der Waals surface area (Å²) in [6, 6.07) is 14.9. The Kier molecular flexibility index (Phi) is 5.36. The molecule has 2 aromatic heterocycles. The first-order valence-corrected chi connectivity index (χ1v) is 9.66. The molecule has 4 nitrogen and oxygen atoms in total. The Morgan fingerprint density at radius 1 is 0.964 bits per heavy atom. The van der Waals surface area contributed by atoms with E-state index in [-0.39, 0.29) is 0 Å². The van der Waals surface area contributed by atoms with E-state index in [0.29, 0.717) is 27.3 Å². The van der Waals surface area contributed by atoms with Crippen molar-refractivity contribution in [1.82, 2.24) is 19.7 Å². The zero-order chi connectivity index (χ0) is 19.5. The first-order chi connectivity index (χ1) is 13.6. The largest absolute Gasteiger partial charge is 0.270 e. The van der Waals surface area contributed by atoms with Crippen LogP contribution in [-0.4, -0.2) is 19.7 Å². The molecule has 0 saturated carbocycles. The van der Waals surface area contributed by atoms with Crippen LogP contribution in [0.1, 0.15) is 5.56 Å². The van der Waals surface area contributed by atoms with Crippen LogP contribution in [0.3, 0.4) is 0 Å². The van der Waals surface area contributed by atoms with Gasteiger partial charge in [0.1, 0.15) is 0 Å². The van der Waals surface area contributed by atoms with Crippen LogP contribution >= 0.6 is 23.4 Å². The molecule has 0 saturated heterocycles. The molecule has 0 radical (unpaired) electrons. The SMILES string of the molecule is Fc1ccc(CSc2nnc(-c3cccnc3)n2-c2cccc(Cl)c2)cc1F. The van der Waals surface area contributed by atoms with Gasteiger partial charge in [0.2, 0.25) is 0 Å². The minimum atomic E-state index is -0.870. The number of halogens is 3. The zero-order valence-corrected chi connectivity index (χ0v) is 16.0. The molecule has 0 atom stereocenters. The molecule has 4 aromatic rings. The van der Waals surface area contributed by atoms with Gasteiger partial charge in [0.15, 0.2) is 22.6 Å². The summed E-state index contributed by atoms with van der Waals surface area (Å²) in [5.41, 5.74) is 2.24. The molecular weight excluding hydrogens is 402 g/mol. The van der Waals surface area contributed by atoms with Crippen molar-refractivity contribution in [3.63, 3.8) is 0 Å². The molecule has 0 N–H and O–H groups in total. The molecule has 2 aromatic carbocycles. The molecule has 0 amide bonds. The highest BCUT2D eigenvalue weighted by molar-refractivity contribution is 7.98. The molecule has 0 fully saturated rings. The molecular formula is C20H13ClF2N4S. The number of nitrogens with zero attached hydrogens (tertiary/aromatic N) is 4. The van der Waals surface area contributed by atoms with Crippen LogP contribution in [0.5, 0.6) is 0 Å². The van der Waals surface area contributed by atoms with Crippen molar-refractivity contribution in [1.29, 1.82) is 0 Å². The third-order valence-corrected chi connectivity index (χ3v) is 5.21. The highest BCUT2D eigenvalue weighted by Crippen LogP contribution is 2.30. The smallest absolute Gasteiger partial charge is 0.196 e. The van der Waals surface area contributed by atoms with Crippen molar-refractivity contribution >= 4 is 23.4 Å². The molecule has 0 unspecified atom stereocenters. The number of pyridine rings is 1. The van der Waals surface area contributed by atoms with E-state index in [1.807, 2.05) is 34.9 Å². The van der Waals surface area contributed by atoms with Gasteiger partial charge >= 0.3 is 0 Å². The molecule has 0 bridgehead atoms. The predicted octanol–water partition coefficient (Wildman–Crippen LogP) is 5.55. The Morgan fingerprint density at radius 3 is 2.61 bits per heavy atom. The van der Waals surface area contributed by atoms with Gasteiger partial charge in [0.25, 0.3) is 0 Å². The third-order valence-electron chi connectivity index (χ3n) is 3.97. The lowest BCUT2D eigenvalue weighted by molar-refractivity contribution is 0.507. The number of rotatable bonds is 5. The fraction of sp³-hybridized carbons (Fsp3) is 0.0500. The van der Waals surface area contributed by atoms with Gasteiger partial charge in [0.05, 0.1) is 5.69 Å². The van der Waals surface area contributed by atoms with Crippen molar-refractivity contribution < 1.29 is 8.78 Å². The summed E-state index contributed by atoms with van der Waals surface area (Å²) in [6.45, 7) is 0. The summed E-state index contributed by atoms with van der Waals surface area (Å²) >= 11 is 7.53. The second-order valence-corrected chi connectivity index (χ2v) is 7.28. The van der Waals surface area contributed by atoms with Crippen LogP contribution < -0.4 is 0 Å². The van der Waals surface area contributed by atoms with Crippen LogP contribution in [0, 0.1) is 11.6 Å². The van der Waals surface area contributed by atoms with Crippen LogP contribution in [0.2, 0.25) is 5.02 Å². The molecule has 8 heteroatoms. The van der Waals surface area contributed by atoms with Gasteiger partial charge in [-0.2, -0.15) is 0 Å². The van der Waals surface area contributed by atoms with Gasteiger partial charge in [-0.1, -0.05) is 35.5 Å². The van der Waals surface area contributed by atoms with E-state index in [2.05, 4.69) is 15.2 Å². The van der Waals surface area contributed by atoms with Gasteiger partial charge in [-0.3, -0.25) is 9.55 Å². The van der Waals surface area contributed by atoms with E-state index in [9.17, 15) is 8.78 Å². The molecule has 140 valence electrons. The lowest BCUT2D eigenvalue weighted by Gasteiger charge is -2.10. The van der Waals surface area contributed by atoms with Crippen LogP contribution in [-0.2, 0) is 5.75 Å². The minimum Gasteiger partial charge on any atom is -0.270 e. The fourth-order valence-corrected chi connectivity index (χ4v) is 3.75. The van der Waals surface area contributed by atoms with E-state index in [1.54, 1.807) is 24.5 Å². The minimum absolute atomic E-state index is 0.406. The molecule has 0 spiro atoms. The van der Waals surface area contributed by atoms with Crippen molar-refractivity contribution in [2.24, 2.45) is 0 Å². The predicted molar refractivity (Wildman–Crippen MR) is 106 cm³/mol. The Morgan fingerprint density at radius 2 is 1.86 bits per heavy atom. The molecule has 2 heterocycles. The van der Waals surface area contributed by atoms with E-state index >= 15 is 0 Å². The van der Waals surface area contributed by atoms with Gasteiger partial charge in [-0.25, -0.2) is 8.78 Å². The van der Waals surface area contributed by atoms with Crippen molar-refractivity contribution in [2.45, 2.75) is 10.9 Å². The van der Waals surface area contributed by atoms with E-state index in [1.165, 1.54) is 17.8 Å². The summed E-state index contributed by atoms with van der Waals surface area (Å²) in [5, 5.41) is 9.79. The molecule has 4 rings (SSSR count). The Hall–Kier alpha value is -2.77. The second-order valence-electron chi connectivity index (χ2n) is 5.90. The molecule has 0 aliphatic rings. The first-order valence-electron chi connectivity index (χ1n) is 8.30. The maximum Gasteiger partial charge on any atom is 0.196 e. The zero-order valence-electron chi connectivity index (χ0n) is 14.4. The molecule has 0 aliphatic carbocycles. The number of aromatic nitrogens is 4. The summed E-state index contributed by atoms with van der Waals surface area (Å²) in [7, 11) is 0. The van der Waals surface area contributed by atoms with Crippen molar-refractivity contribution in [2.75, 3.05) is 0 Å². The Labute approximate surface area is 169 Å².